The number of β-amino-alcohol motifs (C(OH)–C–C–N with tert-alkyl or cyclic N) is 1. The maximum atomic E-state index is 12.8. The molecule has 3 aliphatic rings. The van der Waals surface area contributed by atoms with E-state index in [9.17, 15) is 9.90 Å². The van der Waals surface area contributed by atoms with Crippen LogP contribution >= 0.6 is 0 Å². The molecule has 1 amide bonds. The van der Waals surface area contributed by atoms with Crippen LogP contribution in [0.15, 0.2) is 18.3 Å². The van der Waals surface area contributed by atoms with Gasteiger partial charge in [-0.2, -0.15) is 5.10 Å². The summed E-state index contributed by atoms with van der Waals surface area (Å²) in [7, 11) is 0. The number of piperidine rings is 1. The van der Waals surface area contributed by atoms with Crippen molar-refractivity contribution in [2.45, 2.75) is 50.7 Å². The van der Waals surface area contributed by atoms with Gasteiger partial charge in [-0.15, -0.1) is 0 Å². The number of morpholine rings is 1. The Balaban J connectivity index is 1.48. The molecule has 10 heteroatoms. The lowest BCUT2D eigenvalue weighted by Gasteiger charge is -2.39. The summed E-state index contributed by atoms with van der Waals surface area (Å²) >= 11 is 0. The third-order valence-corrected chi connectivity index (χ3v) is 7.27. The predicted octanol–water partition coefficient (Wildman–Crippen LogP) is 2.28. The molecule has 3 fully saturated rings. The number of nitrogens with zero attached hydrogens (tertiary/aromatic N) is 4. The van der Waals surface area contributed by atoms with E-state index in [2.05, 4.69) is 39.2 Å². The van der Waals surface area contributed by atoms with E-state index >= 15 is 0 Å². The third kappa shape index (κ3) is 5.08. The second-order valence-corrected chi connectivity index (χ2v) is 9.92. The number of hydrogen-bond donors (Lipinski definition) is 4. The molecule has 0 radical (unpaired) electrons. The number of aromatic amines is 1. The van der Waals surface area contributed by atoms with E-state index in [1.165, 1.54) is 6.21 Å². The summed E-state index contributed by atoms with van der Waals surface area (Å²) in [5.74, 6) is 8.30. The minimum absolute atomic E-state index is 0.0965. The highest BCUT2D eigenvalue weighted by Crippen LogP contribution is 2.31. The number of nitrogens with one attached hydrogen (secondary N) is 3. The van der Waals surface area contributed by atoms with E-state index in [1.807, 2.05) is 6.07 Å². The minimum atomic E-state index is -1.29. The number of aromatic nitrogens is 3. The van der Waals surface area contributed by atoms with Crippen molar-refractivity contribution < 1.29 is 14.6 Å². The Bertz CT molecular complexity index is 1170. The lowest BCUT2D eigenvalue weighted by atomic mass is 9.83. The SMILES string of the molecule is C[C@@H]1COCCN1c1cc(C#CC2(O)CCCN(C(=O)C3CCC3)C2)c(C=N)c(Nc2ccn[nH]2)n1. The Kier molecular flexibility index (Phi) is 6.94. The molecule has 0 spiro atoms. The van der Waals surface area contributed by atoms with Crippen LogP contribution in [0.5, 0.6) is 0 Å². The molecule has 0 bridgehead atoms. The molecule has 5 rings (SSSR count). The van der Waals surface area contributed by atoms with Crippen molar-refractivity contribution in [3.8, 4) is 11.8 Å². The smallest absolute Gasteiger partial charge is 0.225 e. The van der Waals surface area contributed by atoms with Gasteiger partial charge in [0, 0.05) is 36.9 Å². The summed E-state index contributed by atoms with van der Waals surface area (Å²) in [6.07, 6.45) is 7.05. The molecule has 1 saturated carbocycles. The van der Waals surface area contributed by atoms with Crippen molar-refractivity contribution in [2.75, 3.05) is 43.1 Å². The first kappa shape index (κ1) is 24.3. The lowest BCUT2D eigenvalue weighted by Crippen LogP contribution is -2.52. The molecule has 2 saturated heterocycles. The zero-order valence-corrected chi connectivity index (χ0v) is 20.6. The predicted molar refractivity (Wildman–Crippen MR) is 137 cm³/mol. The van der Waals surface area contributed by atoms with Crippen molar-refractivity contribution in [1.29, 1.82) is 5.41 Å². The molecule has 1 unspecified atom stereocenters. The van der Waals surface area contributed by atoms with Crippen molar-refractivity contribution in [3.05, 3.63) is 29.5 Å². The second kappa shape index (κ2) is 10.3. The van der Waals surface area contributed by atoms with E-state index < -0.39 is 5.60 Å². The van der Waals surface area contributed by atoms with Crippen LogP contribution in [0.3, 0.4) is 0 Å². The number of hydrogen-bond acceptors (Lipinski definition) is 8. The van der Waals surface area contributed by atoms with E-state index in [0.29, 0.717) is 61.9 Å². The highest BCUT2D eigenvalue weighted by molar-refractivity contribution is 5.90. The van der Waals surface area contributed by atoms with Gasteiger partial charge in [0.1, 0.15) is 23.1 Å². The molecule has 2 atom stereocenters. The van der Waals surface area contributed by atoms with Crippen LogP contribution < -0.4 is 10.2 Å². The van der Waals surface area contributed by atoms with Gasteiger partial charge in [-0.1, -0.05) is 18.3 Å². The van der Waals surface area contributed by atoms with Gasteiger partial charge in [0.2, 0.25) is 5.91 Å². The molecule has 4 heterocycles. The van der Waals surface area contributed by atoms with Crippen molar-refractivity contribution in [2.24, 2.45) is 5.92 Å². The first-order valence-corrected chi connectivity index (χ1v) is 12.7. The molecule has 10 nitrogen and oxygen atoms in total. The standard InChI is InChI=1S/C26H33N7O3/c1-18-16-36-13-12-33(18)23-14-20(21(15-27)24(30-23)29-22-7-10-28-31-22)6-9-26(35)8-3-11-32(17-26)25(34)19-4-2-5-19/h7,10,14-15,18-19,27,35H,2-5,8,11-13,16-17H2,1H3,(H2,28,29,30,31)/t18-,26?/m1/s1. The first-order chi connectivity index (χ1) is 17.5. The number of carbonyl (C=O) groups excluding carboxylic acids is 1. The highest BCUT2D eigenvalue weighted by Gasteiger charge is 2.37. The number of anilines is 3. The molecule has 190 valence electrons. The van der Waals surface area contributed by atoms with E-state index in [0.717, 1.165) is 25.1 Å². The lowest BCUT2D eigenvalue weighted by molar-refractivity contribution is -0.143. The highest BCUT2D eigenvalue weighted by atomic mass is 16.5. The Labute approximate surface area is 210 Å². The Morgan fingerprint density at radius 3 is 2.94 bits per heavy atom. The molecule has 2 aromatic heterocycles. The minimum Gasteiger partial charge on any atom is -0.377 e. The number of ether oxygens (including phenoxy) is 1. The zero-order chi connectivity index (χ0) is 25.1. The summed E-state index contributed by atoms with van der Waals surface area (Å²) in [6, 6.07) is 3.78. The monoisotopic (exact) mass is 491 g/mol. The number of amides is 1. The average Bonchev–Trinajstić information content (AvgIpc) is 3.35. The van der Waals surface area contributed by atoms with Crippen LogP contribution in [-0.4, -0.2) is 81.8 Å². The summed E-state index contributed by atoms with van der Waals surface area (Å²) in [5.41, 5.74) is -0.181. The molecule has 2 aromatic rings. The number of likely N-dealkylation sites (tertiary alicyclic amines) is 1. The van der Waals surface area contributed by atoms with Gasteiger partial charge in [-0.3, -0.25) is 9.89 Å². The molecule has 4 N–H and O–H groups in total. The number of aliphatic hydroxyl groups is 1. The topological polar surface area (TPSA) is 130 Å². The van der Waals surface area contributed by atoms with Crippen LogP contribution in [0.25, 0.3) is 0 Å². The molecule has 2 aliphatic heterocycles. The van der Waals surface area contributed by atoms with Gasteiger partial charge in [0.25, 0.3) is 0 Å². The fraction of sp³-hybridized carbons (Fsp3) is 0.538. The summed E-state index contributed by atoms with van der Waals surface area (Å²) in [5, 5.41) is 29.5. The number of pyridine rings is 1. The molecular formula is C26H33N7O3. The average molecular weight is 492 g/mol. The van der Waals surface area contributed by atoms with Crippen molar-refractivity contribution in [3.63, 3.8) is 0 Å². The maximum absolute atomic E-state index is 12.8. The van der Waals surface area contributed by atoms with Crippen LogP contribution in [-0.2, 0) is 9.53 Å². The first-order valence-electron chi connectivity index (χ1n) is 12.7. The van der Waals surface area contributed by atoms with Crippen LogP contribution in [0, 0.1) is 23.2 Å². The van der Waals surface area contributed by atoms with E-state index in [-0.39, 0.29) is 24.4 Å². The zero-order valence-electron chi connectivity index (χ0n) is 20.6. The van der Waals surface area contributed by atoms with Crippen LogP contribution in [0.4, 0.5) is 17.5 Å². The fourth-order valence-corrected chi connectivity index (χ4v) is 4.98. The van der Waals surface area contributed by atoms with Gasteiger partial charge in [0.05, 0.1) is 37.6 Å². The normalized spacial score (nSPS) is 24.4. The largest absolute Gasteiger partial charge is 0.377 e. The summed E-state index contributed by atoms with van der Waals surface area (Å²) in [4.78, 5) is 21.5. The Hall–Kier alpha value is -3.42. The number of rotatable bonds is 5. The molecular weight excluding hydrogens is 458 g/mol. The number of carbonyl (C=O) groups is 1. The van der Waals surface area contributed by atoms with Gasteiger partial charge >= 0.3 is 0 Å². The van der Waals surface area contributed by atoms with Crippen LogP contribution in [0.1, 0.15) is 50.2 Å². The third-order valence-electron chi connectivity index (χ3n) is 7.27. The van der Waals surface area contributed by atoms with Gasteiger partial charge in [0.15, 0.2) is 0 Å². The van der Waals surface area contributed by atoms with Crippen molar-refractivity contribution >= 4 is 29.6 Å². The van der Waals surface area contributed by atoms with E-state index in [1.54, 1.807) is 17.2 Å². The van der Waals surface area contributed by atoms with Gasteiger partial charge in [-0.25, -0.2) is 4.98 Å². The maximum Gasteiger partial charge on any atom is 0.225 e. The summed E-state index contributed by atoms with van der Waals surface area (Å²) < 4.78 is 5.59. The summed E-state index contributed by atoms with van der Waals surface area (Å²) in [6.45, 7) is 4.86. The quantitative estimate of drug-likeness (QED) is 0.373. The Morgan fingerprint density at radius 2 is 2.25 bits per heavy atom. The van der Waals surface area contributed by atoms with Crippen LogP contribution in [0.2, 0.25) is 0 Å². The molecule has 36 heavy (non-hydrogen) atoms. The molecule has 0 aromatic carbocycles. The van der Waals surface area contributed by atoms with Gasteiger partial charge < -0.3 is 30.4 Å². The number of H-pyrrole nitrogens is 1. The fourth-order valence-electron chi connectivity index (χ4n) is 4.98. The van der Waals surface area contributed by atoms with Crippen molar-refractivity contribution in [1.82, 2.24) is 20.1 Å². The molecule has 1 aliphatic carbocycles. The van der Waals surface area contributed by atoms with Gasteiger partial charge in [-0.05, 0) is 38.7 Å². The Morgan fingerprint density at radius 1 is 1.39 bits per heavy atom. The second-order valence-electron chi connectivity index (χ2n) is 9.92. The van der Waals surface area contributed by atoms with E-state index in [4.69, 9.17) is 15.1 Å².